The van der Waals surface area contributed by atoms with E-state index in [0.29, 0.717) is 10.6 Å². The molecule has 2 atom stereocenters. The highest BCUT2D eigenvalue weighted by Crippen LogP contribution is 2.45. The number of aryl methyl sites for hydroxylation is 1. The van der Waals surface area contributed by atoms with E-state index in [4.69, 9.17) is 11.6 Å². The van der Waals surface area contributed by atoms with Gasteiger partial charge in [-0.25, -0.2) is 17.6 Å². The Labute approximate surface area is 196 Å². The van der Waals surface area contributed by atoms with Gasteiger partial charge >= 0.3 is 5.97 Å². The van der Waals surface area contributed by atoms with Gasteiger partial charge in [-0.2, -0.15) is 4.31 Å². The van der Waals surface area contributed by atoms with Crippen LogP contribution < -0.4 is 0 Å². The topological polar surface area (TPSA) is 74.7 Å². The Kier molecular flexibility index (Phi) is 6.38. The SMILES string of the molecule is Cc1ccc(S(=O)(=O)N2[C@@H](c3cccc(F)c3)C(C(=O)O)=CC[C@H]2c2ccc(Cl)cc2)cc1. The van der Waals surface area contributed by atoms with Crippen LogP contribution >= 0.6 is 11.6 Å². The minimum absolute atomic E-state index is 0.0279. The van der Waals surface area contributed by atoms with Crippen molar-refractivity contribution >= 4 is 27.6 Å². The molecule has 3 aromatic rings. The van der Waals surface area contributed by atoms with Crippen LogP contribution in [0.25, 0.3) is 0 Å². The molecule has 0 spiro atoms. The van der Waals surface area contributed by atoms with E-state index in [1.165, 1.54) is 46.8 Å². The summed E-state index contributed by atoms with van der Waals surface area (Å²) in [4.78, 5) is 12.2. The number of nitrogens with zero attached hydrogens (tertiary/aromatic N) is 1. The molecule has 170 valence electrons. The first-order chi connectivity index (χ1) is 15.7. The molecule has 8 heteroatoms. The molecule has 1 heterocycles. The fraction of sp³-hybridized carbons (Fsp3) is 0.160. The van der Waals surface area contributed by atoms with Crippen LogP contribution in [0.2, 0.25) is 5.02 Å². The van der Waals surface area contributed by atoms with Crippen LogP contribution in [0, 0.1) is 12.7 Å². The van der Waals surface area contributed by atoms with Crippen LogP contribution in [0.1, 0.15) is 35.2 Å². The first-order valence-electron chi connectivity index (χ1n) is 10.2. The Morgan fingerprint density at radius 2 is 1.70 bits per heavy atom. The summed E-state index contributed by atoms with van der Waals surface area (Å²) in [5.41, 5.74) is 1.64. The van der Waals surface area contributed by atoms with Gasteiger partial charge < -0.3 is 5.11 Å². The second-order valence-electron chi connectivity index (χ2n) is 7.87. The van der Waals surface area contributed by atoms with Crippen molar-refractivity contribution in [3.63, 3.8) is 0 Å². The smallest absolute Gasteiger partial charge is 0.333 e. The summed E-state index contributed by atoms with van der Waals surface area (Å²) in [5.74, 6) is -1.85. The van der Waals surface area contributed by atoms with E-state index in [2.05, 4.69) is 0 Å². The molecular weight excluding hydrogens is 465 g/mol. The number of hydrogen-bond donors (Lipinski definition) is 1. The van der Waals surface area contributed by atoms with Gasteiger partial charge in [0.15, 0.2) is 0 Å². The highest BCUT2D eigenvalue weighted by molar-refractivity contribution is 7.89. The molecule has 0 saturated heterocycles. The average molecular weight is 486 g/mol. The Hall–Kier alpha value is -3.00. The molecule has 1 aliphatic rings. The highest BCUT2D eigenvalue weighted by Gasteiger charge is 2.44. The van der Waals surface area contributed by atoms with Gasteiger partial charge in [0.1, 0.15) is 5.82 Å². The van der Waals surface area contributed by atoms with Crippen molar-refractivity contribution in [1.82, 2.24) is 4.31 Å². The molecule has 4 rings (SSSR count). The maximum atomic E-state index is 14.2. The van der Waals surface area contributed by atoms with Crippen LogP contribution in [0.3, 0.4) is 0 Å². The molecule has 0 fully saturated rings. The second-order valence-corrected chi connectivity index (χ2v) is 10.2. The fourth-order valence-electron chi connectivity index (χ4n) is 4.08. The molecule has 3 aromatic carbocycles. The zero-order chi connectivity index (χ0) is 23.8. The minimum Gasteiger partial charge on any atom is -0.478 e. The molecule has 5 nitrogen and oxygen atoms in total. The molecular formula is C25H21ClFNO4S. The maximum absolute atomic E-state index is 14.2. The largest absolute Gasteiger partial charge is 0.478 e. The molecule has 1 aliphatic heterocycles. The monoisotopic (exact) mass is 485 g/mol. The number of aliphatic carboxylic acids is 1. The average Bonchev–Trinajstić information content (AvgIpc) is 2.79. The van der Waals surface area contributed by atoms with E-state index < -0.39 is 33.9 Å². The number of benzene rings is 3. The number of carbonyl (C=O) groups is 1. The third-order valence-electron chi connectivity index (χ3n) is 5.68. The molecule has 0 aromatic heterocycles. The van der Waals surface area contributed by atoms with Gasteiger partial charge in [0.25, 0.3) is 0 Å². The van der Waals surface area contributed by atoms with Crippen molar-refractivity contribution < 1.29 is 22.7 Å². The second kappa shape index (κ2) is 9.09. The lowest BCUT2D eigenvalue weighted by atomic mass is 9.89. The number of carboxylic acid groups (broad SMARTS) is 1. The summed E-state index contributed by atoms with van der Waals surface area (Å²) in [6, 6.07) is 16.5. The molecule has 0 saturated carbocycles. The third kappa shape index (κ3) is 4.57. The standard InChI is InChI=1S/C25H21ClFNO4S/c1-16-5-11-21(12-6-16)33(31,32)28-23(17-7-9-19(26)10-8-17)14-13-22(25(29)30)24(28)18-3-2-4-20(27)15-18/h2-13,15,23-24H,14H2,1H3,(H,29,30)/t23-,24-/m0/s1. The van der Waals surface area contributed by atoms with Crippen LogP contribution in [0.5, 0.6) is 0 Å². The quantitative estimate of drug-likeness (QED) is 0.505. The summed E-state index contributed by atoms with van der Waals surface area (Å²) in [6.07, 6.45) is 1.65. The summed E-state index contributed by atoms with van der Waals surface area (Å²) in [7, 11) is -4.19. The molecule has 33 heavy (non-hydrogen) atoms. The van der Waals surface area contributed by atoms with Gasteiger partial charge in [0, 0.05) is 5.02 Å². The summed E-state index contributed by atoms with van der Waals surface area (Å²) in [5, 5.41) is 10.4. The van der Waals surface area contributed by atoms with Crippen LogP contribution in [0.15, 0.2) is 89.3 Å². The summed E-state index contributed by atoms with van der Waals surface area (Å²) in [6.45, 7) is 1.84. The van der Waals surface area contributed by atoms with Gasteiger partial charge in [-0.1, -0.05) is 59.6 Å². The Morgan fingerprint density at radius 3 is 2.30 bits per heavy atom. The van der Waals surface area contributed by atoms with E-state index in [0.717, 1.165) is 5.56 Å². The molecule has 1 N–H and O–H groups in total. The van der Waals surface area contributed by atoms with Crippen molar-refractivity contribution in [3.8, 4) is 0 Å². The molecule has 0 aliphatic carbocycles. The highest BCUT2D eigenvalue weighted by atomic mass is 35.5. The number of rotatable bonds is 5. The first-order valence-corrected chi connectivity index (χ1v) is 12.0. The molecule has 0 bridgehead atoms. The lowest BCUT2D eigenvalue weighted by molar-refractivity contribution is -0.133. The zero-order valence-electron chi connectivity index (χ0n) is 17.7. The maximum Gasteiger partial charge on any atom is 0.333 e. The predicted octanol–water partition coefficient (Wildman–Crippen LogP) is 5.68. The van der Waals surface area contributed by atoms with Gasteiger partial charge in [-0.15, -0.1) is 0 Å². The fourth-order valence-corrected chi connectivity index (χ4v) is 5.99. The summed E-state index contributed by atoms with van der Waals surface area (Å²) >= 11 is 6.03. The number of carboxylic acids is 1. The van der Waals surface area contributed by atoms with E-state index in [-0.39, 0.29) is 22.5 Å². The van der Waals surface area contributed by atoms with Gasteiger partial charge in [-0.05, 0) is 60.9 Å². The lowest BCUT2D eigenvalue weighted by Crippen LogP contribution is -2.42. The van der Waals surface area contributed by atoms with Gasteiger partial charge in [0.2, 0.25) is 10.0 Å². The number of halogens is 2. The number of sulfonamides is 1. The normalized spacial score (nSPS) is 19.2. The lowest BCUT2D eigenvalue weighted by Gasteiger charge is -2.40. The van der Waals surface area contributed by atoms with Crippen LogP contribution in [-0.2, 0) is 14.8 Å². The van der Waals surface area contributed by atoms with E-state index in [9.17, 15) is 22.7 Å². The minimum atomic E-state index is -4.19. The Morgan fingerprint density at radius 1 is 1.03 bits per heavy atom. The van der Waals surface area contributed by atoms with Crippen LogP contribution in [-0.4, -0.2) is 23.8 Å². The van der Waals surface area contributed by atoms with Crippen molar-refractivity contribution in [2.24, 2.45) is 0 Å². The predicted molar refractivity (Wildman–Crippen MR) is 124 cm³/mol. The molecule has 0 unspecified atom stereocenters. The Balaban J connectivity index is 1.97. The van der Waals surface area contributed by atoms with Crippen LogP contribution in [0.4, 0.5) is 4.39 Å². The van der Waals surface area contributed by atoms with Gasteiger partial charge in [-0.3, -0.25) is 0 Å². The summed E-state index contributed by atoms with van der Waals surface area (Å²) < 4.78 is 43.3. The van der Waals surface area contributed by atoms with E-state index in [1.54, 1.807) is 36.4 Å². The van der Waals surface area contributed by atoms with E-state index in [1.807, 2.05) is 6.92 Å². The molecule has 0 amide bonds. The van der Waals surface area contributed by atoms with Crippen molar-refractivity contribution in [2.45, 2.75) is 30.3 Å². The van der Waals surface area contributed by atoms with E-state index >= 15 is 0 Å². The first kappa shape index (κ1) is 23.2. The number of hydrogen-bond acceptors (Lipinski definition) is 3. The van der Waals surface area contributed by atoms with Crippen molar-refractivity contribution in [2.75, 3.05) is 0 Å². The molecule has 0 radical (unpaired) electrons. The van der Waals surface area contributed by atoms with Crippen molar-refractivity contribution in [3.05, 3.63) is 112 Å². The third-order valence-corrected chi connectivity index (χ3v) is 7.82. The van der Waals surface area contributed by atoms with Crippen molar-refractivity contribution in [1.29, 1.82) is 0 Å². The Bertz CT molecular complexity index is 1320. The zero-order valence-corrected chi connectivity index (χ0v) is 19.2. The van der Waals surface area contributed by atoms with Gasteiger partial charge in [0.05, 0.1) is 22.6 Å².